The van der Waals surface area contributed by atoms with Gasteiger partial charge in [0.05, 0.1) is 11.8 Å². The van der Waals surface area contributed by atoms with Crippen molar-refractivity contribution in [3.8, 4) is 0 Å². The van der Waals surface area contributed by atoms with E-state index in [1.165, 1.54) is 17.3 Å². The van der Waals surface area contributed by atoms with Gasteiger partial charge in [0.25, 0.3) is 0 Å². The summed E-state index contributed by atoms with van der Waals surface area (Å²) in [5.74, 6) is 2.28. The van der Waals surface area contributed by atoms with Gasteiger partial charge in [-0.2, -0.15) is 0 Å². The molecule has 1 amide bonds. The number of carbonyl (C=O) groups is 1. The minimum atomic E-state index is -0.0116. The summed E-state index contributed by atoms with van der Waals surface area (Å²) in [6.45, 7) is 2.00. The lowest BCUT2D eigenvalue weighted by Gasteiger charge is -2.14. The first-order valence-electron chi connectivity index (χ1n) is 9.55. The summed E-state index contributed by atoms with van der Waals surface area (Å²) in [5.41, 5.74) is 2.46. The molecular formula is C22H24N4OS. The second kappa shape index (κ2) is 8.19. The lowest BCUT2D eigenvalue weighted by molar-refractivity contribution is -0.119. The van der Waals surface area contributed by atoms with Crippen LogP contribution in [-0.2, 0) is 11.8 Å². The predicted molar refractivity (Wildman–Crippen MR) is 111 cm³/mol. The normalized spacial score (nSPS) is 19.2. The summed E-state index contributed by atoms with van der Waals surface area (Å²) < 4.78 is 2.03. The summed E-state index contributed by atoms with van der Waals surface area (Å²) >= 11 is 1.43. The molecule has 1 aliphatic rings. The average Bonchev–Trinajstić information content (AvgIpc) is 3.44. The average molecular weight is 393 g/mol. The molecule has 2 aromatic carbocycles. The van der Waals surface area contributed by atoms with Gasteiger partial charge in [0.15, 0.2) is 5.16 Å². The molecule has 6 heteroatoms. The van der Waals surface area contributed by atoms with Gasteiger partial charge in [-0.25, -0.2) is 0 Å². The molecule has 1 heterocycles. The van der Waals surface area contributed by atoms with E-state index in [0.29, 0.717) is 17.6 Å². The Kier molecular flexibility index (Phi) is 5.48. The van der Waals surface area contributed by atoms with Crippen LogP contribution in [0.3, 0.4) is 0 Å². The molecule has 5 nitrogen and oxygen atoms in total. The van der Waals surface area contributed by atoms with E-state index >= 15 is 0 Å². The Balaban J connectivity index is 1.32. The fourth-order valence-electron chi connectivity index (χ4n) is 3.56. The number of nitrogens with one attached hydrogen (secondary N) is 1. The van der Waals surface area contributed by atoms with Crippen LogP contribution in [-0.4, -0.2) is 26.4 Å². The molecule has 3 atom stereocenters. The maximum atomic E-state index is 12.3. The van der Waals surface area contributed by atoms with Gasteiger partial charge < -0.3 is 9.88 Å². The fraction of sp³-hybridized carbons (Fsp3) is 0.318. The van der Waals surface area contributed by atoms with E-state index in [1.807, 2.05) is 54.9 Å². The summed E-state index contributed by atoms with van der Waals surface area (Å²) in [5, 5.41) is 12.5. The van der Waals surface area contributed by atoms with Gasteiger partial charge in [-0.1, -0.05) is 72.4 Å². The highest BCUT2D eigenvalue weighted by Crippen LogP contribution is 2.54. The van der Waals surface area contributed by atoms with Gasteiger partial charge in [0.1, 0.15) is 5.82 Å². The van der Waals surface area contributed by atoms with Crippen LogP contribution in [0, 0.1) is 0 Å². The molecule has 0 unspecified atom stereocenters. The molecule has 1 fully saturated rings. The quantitative estimate of drug-likeness (QED) is 0.616. The van der Waals surface area contributed by atoms with Gasteiger partial charge in [0.2, 0.25) is 5.91 Å². The van der Waals surface area contributed by atoms with E-state index in [9.17, 15) is 4.79 Å². The lowest BCUT2D eigenvalue weighted by Crippen LogP contribution is -2.28. The van der Waals surface area contributed by atoms with Crippen molar-refractivity contribution in [3.63, 3.8) is 0 Å². The van der Waals surface area contributed by atoms with E-state index in [0.717, 1.165) is 23.0 Å². The topological polar surface area (TPSA) is 59.8 Å². The van der Waals surface area contributed by atoms with Crippen LogP contribution in [0.2, 0.25) is 0 Å². The SMILES string of the molecule is C[C@H](NC(=O)CSc1nnc([C@@H]2C[C@@H]2c2ccccc2)n1C)c1ccccc1. The van der Waals surface area contributed by atoms with E-state index in [4.69, 9.17) is 0 Å². The molecule has 1 aliphatic carbocycles. The summed E-state index contributed by atoms with van der Waals surface area (Å²) in [6, 6.07) is 20.5. The Morgan fingerprint density at radius 3 is 2.50 bits per heavy atom. The zero-order valence-electron chi connectivity index (χ0n) is 16.1. The van der Waals surface area contributed by atoms with Crippen LogP contribution in [0.25, 0.3) is 0 Å². The summed E-state index contributed by atoms with van der Waals surface area (Å²) in [7, 11) is 1.99. The molecule has 1 aromatic heterocycles. The van der Waals surface area contributed by atoms with Crippen LogP contribution in [0.15, 0.2) is 65.8 Å². The first-order chi connectivity index (χ1) is 13.6. The zero-order valence-corrected chi connectivity index (χ0v) is 16.9. The molecule has 0 radical (unpaired) electrons. The third-order valence-corrected chi connectivity index (χ3v) is 6.25. The molecule has 1 saturated carbocycles. The van der Waals surface area contributed by atoms with E-state index < -0.39 is 0 Å². The molecular weight excluding hydrogens is 368 g/mol. The van der Waals surface area contributed by atoms with Gasteiger partial charge >= 0.3 is 0 Å². The Morgan fingerprint density at radius 2 is 1.79 bits per heavy atom. The molecule has 144 valence electrons. The zero-order chi connectivity index (χ0) is 19.5. The van der Waals surface area contributed by atoms with E-state index in [2.05, 4.69) is 39.8 Å². The summed E-state index contributed by atoms with van der Waals surface area (Å²) in [4.78, 5) is 12.3. The Hall–Kier alpha value is -2.60. The maximum absolute atomic E-state index is 12.3. The number of carbonyl (C=O) groups excluding carboxylic acids is 1. The number of thioether (sulfide) groups is 1. The highest BCUT2D eigenvalue weighted by atomic mass is 32.2. The molecule has 0 spiro atoms. The number of rotatable bonds is 7. The first-order valence-corrected chi connectivity index (χ1v) is 10.5. The second-order valence-electron chi connectivity index (χ2n) is 7.25. The number of nitrogens with zero attached hydrogens (tertiary/aromatic N) is 3. The van der Waals surface area contributed by atoms with Gasteiger partial charge in [-0.05, 0) is 30.4 Å². The predicted octanol–water partition coefficient (Wildman–Crippen LogP) is 4.06. The second-order valence-corrected chi connectivity index (χ2v) is 8.19. The van der Waals surface area contributed by atoms with E-state index in [-0.39, 0.29) is 11.9 Å². The summed E-state index contributed by atoms with van der Waals surface area (Å²) in [6.07, 6.45) is 1.11. The van der Waals surface area contributed by atoms with Crippen molar-refractivity contribution in [1.29, 1.82) is 0 Å². The maximum Gasteiger partial charge on any atom is 0.230 e. The number of hydrogen-bond donors (Lipinski definition) is 1. The van der Waals surface area contributed by atoms with Crippen molar-refractivity contribution in [1.82, 2.24) is 20.1 Å². The van der Waals surface area contributed by atoms with Crippen molar-refractivity contribution in [2.75, 3.05) is 5.75 Å². The van der Waals surface area contributed by atoms with Crippen molar-refractivity contribution in [2.45, 2.75) is 36.4 Å². The fourth-order valence-corrected chi connectivity index (χ4v) is 4.29. The van der Waals surface area contributed by atoms with Crippen LogP contribution in [0.5, 0.6) is 0 Å². The monoisotopic (exact) mass is 392 g/mol. The van der Waals surface area contributed by atoms with Crippen molar-refractivity contribution < 1.29 is 4.79 Å². The van der Waals surface area contributed by atoms with Crippen molar-refractivity contribution in [2.24, 2.45) is 7.05 Å². The van der Waals surface area contributed by atoms with Gasteiger partial charge in [-0.15, -0.1) is 10.2 Å². The highest BCUT2D eigenvalue weighted by Gasteiger charge is 2.42. The van der Waals surface area contributed by atoms with Crippen molar-refractivity contribution in [3.05, 3.63) is 77.6 Å². The number of aromatic nitrogens is 3. The number of benzene rings is 2. The molecule has 1 N–H and O–H groups in total. The molecule has 28 heavy (non-hydrogen) atoms. The Labute approximate surface area is 169 Å². The molecule has 0 aliphatic heterocycles. The van der Waals surface area contributed by atoms with Crippen LogP contribution < -0.4 is 5.32 Å². The largest absolute Gasteiger partial charge is 0.349 e. The van der Waals surface area contributed by atoms with Gasteiger partial charge in [0, 0.05) is 13.0 Å². The van der Waals surface area contributed by atoms with Crippen molar-refractivity contribution >= 4 is 17.7 Å². The lowest BCUT2D eigenvalue weighted by atomic mass is 10.1. The standard InChI is InChI=1S/C22H24N4OS/c1-15(16-9-5-3-6-10-16)23-20(27)14-28-22-25-24-21(26(22)2)19-13-18(19)17-11-7-4-8-12-17/h3-12,15,18-19H,13-14H2,1-2H3,(H,23,27)/t15-,18+,19+/m0/s1. The van der Waals surface area contributed by atoms with E-state index in [1.54, 1.807) is 0 Å². The van der Waals surface area contributed by atoms with Crippen LogP contribution >= 0.6 is 11.8 Å². The molecule has 4 rings (SSSR count). The number of hydrogen-bond acceptors (Lipinski definition) is 4. The Bertz CT molecular complexity index is 942. The third-order valence-electron chi connectivity index (χ3n) is 5.23. The molecule has 0 saturated heterocycles. The minimum absolute atomic E-state index is 0.000475. The smallest absolute Gasteiger partial charge is 0.230 e. The van der Waals surface area contributed by atoms with Gasteiger partial charge in [-0.3, -0.25) is 4.79 Å². The van der Waals surface area contributed by atoms with Crippen LogP contribution in [0.1, 0.15) is 48.2 Å². The highest BCUT2D eigenvalue weighted by molar-refractivity contribution is 7.99. The third kappa shape index (κ3) is 4.12. The van der Waals surface area contributed by atoms with Crippen LogP contribution in [0.4, 0.5) is 0 Å². The Morgan fingerprint density at radius 1 is 1.11 bits per heavy atom. The molecule has 3 aromatic rings. The molecule has 0 bridgehead atoms. The first kappa shape index (κ1) is 18.7. The number of amides is 1. The minimum Gasteiger partial charge on any atom is -0.349 e.